The summed E-state index contributed by atoms with van der Waals surface area (Å²) in [6, 6.07) is 9.88. The van der Waals surface area contributed by atoms with Gasteiger partial charge in [-0.05, 0) is 61.4 Å². The standard InChI is InChI=1S/C21H19N3O7S/c1-12-8-15(23-20(26)21(27)28)9-13(2)19(12)31-16-5-6-17(25)18(10-16)32(29,30)24-14-4-3-7-22-11-14/h3-11,24-25H,1-2H3,(H,23,26)(H,27,28). The number of aliphatic carboxylic acids is 1. The molecule has 2 aromatic carbocycles. The normalized spacial score (nSPS) is 10.9. The van der Waals surface area contributed by atoms with Crippen molar-refractivity contribution in [1.29, 1.82) is 0 Å². The number of benzene rings is 2. The fourth-order valence-electron chi connectivity index (χ4n) is 2.89. The minimum absolute atomic E-state index is 0.142. The fourth-order valence-corrected chi connectivity index (χ4v) is 4.05. The number of hydrogen-bond donors (Lipinski definition) is 4. The average molecular weight is 457 g/mol. The maximum Gasteiger partial charge on any atom is 0.394 e. The van der Waals surface area contributed by atoms with Crippen LogP contribution >= 0.6 is 0 Å². The van der Waals surface area contributed by atoms with Crippen molar-refractivity contribution in [2.75, 3.05) is 10.0 Å². The molecule has 0 aliphatic carbocycles. The van der Waals surface area contributed by atoms with Crippen molar-refractivity contribution in [1.82, 2.24) is 4.98 Å². The second-order valence-electron chi connectivity index (χ2n) is 6.78. The summed E-state index contributed by atoms with van der Waals surface area (Å²) < 4.78 is 33.6. The van der Waals surface area contributed by atoms with Crippen LogP contribution in [0.2, 0.25) is 0 Å². The summed E-state index contributed by atoms with van der Waals surface area (Å²) in [7, 11) is -4.13. The molecule has 0 bridgehead atoms. The van der Waals surface area contributed by atoms with E-state index in [1.807, 2.05) is 0 Å². The van der Waals surface area contributed by atoms with Crippen LogP contribution in [0.1, 0.15) is 11.1 Å². The van der Waals surface area contributed by atoms with Gasteiger partial charge >= 0.3 is 11.9 Å². The Hall–Kier alpha value is -4.12. The number of ether oxygens (including phenoxy) is 1. The number of aromatic hydroxyl groups is 1. The van der Waals surface area contributed by atoms with E-state index in [4.69, 9.17) is 9.84 Å². The second kappa shape index (κ2) is 8.94. The lowest BCUT2D eigenvalue weighted by atomic mass is 10.1. The molecule has 32 heavy (non-hydrogen) atoms. The summed E-state index contributed by atoms with van der Waals surface area (Å²) in [5, 5.41) is 21.1. The minimum atomic E-state index is -4.13. The monoisotopic (exact) mass is 457 g/mol. The van der Waals surface area contributed by atoms with Crippen LogP contribution in [0, 0.1) is 13.8 Å². The molecule has 0 saturated heterocycles. The molecule has 1 aromatic heterocycles. The van der Waals surface area contributed by atoms with E-state index in [2.05, 4.69) is 15.0 Å². The van der Waals surface area contributed by atoms with Gasteiger partial charge < -0.3 is 20.3 Å². The number of nitrogens with zero attached hydrogens (tertiary/aromatic N) is 1. The molecule has 1 heterocycles. The summed E-state index contributed by atoms with van der Waals surface area (Å²) in [6.45, 7) is 3.36. The number of pyridine rings is 1. The van der Waals surface area contributed by atoms with Gasteiger partial charge in [-0.2, -0.15) is 0 Å². The molecule has 0 aliphatic rings. The summed E-state index contributed by atoms with van der Waals surface area (Å²) in [4.78, 5) is 25.5. The largest absolute Gasteiger partial charge is 0.507 e. The number of aryl methyl sites for hydroxylation is 2. The Kier molecular flexibility index (Phi) is 6.30. The quantitative estimate of drug-likeness (QED) is 0.412. The van der Waals surface area contributed by atoms with Crippen LogP contribution in [0.3, 0.4) is 0 Å². The van der Waals surface area contributed by atoms with Crippen molar-refractivity contribution in [2.45, 2.75) is 18.7 Å². The molecule has 3 aromatic rings. The molecule has 3 rings (SSSR count). The molecule has 0 unspecified atom stereocenters. The number of carbonyl (C=O) groups is 2. The van der Waals surface area contributed by atoms with Crippen LogP contribution in [-0.4, -0.2) is 35.5 Å². The van der Waals surface area contributed by atoms with Gasteiger partial charge in [0.25, 0.3) is 10.0 Å². The maximum atomic E-state index is 12.7. The SMILES string of the molecule is Cc1cc(NC(=O)C(=O)O)cc(C)c1Oc1ccc(O)c(S(=O)(=O)Nc2cccnc2)c1. The lowest BCUT2D eigenvalue weighted by Gasteiger charge is -2.15. The number of nitrogens with one attached hydrogen (secondary N) is 2. The van der Waals surface area contributed by atoms with Gasteiger partial charge in [0.1, 0.15) is 22.1 Å². The highest BCUT2D eigenvalue weighted by molar-refractivity contribution is 7.92. The van der Waals surface area contributed by atoms with Gasteiger partial charge in [-0.1, -0.05) is 0 Å². The maximum absolute atomic E-state index is 12.7. The molecule has 0 atom stereocenters. The topological polar surface area (TPSA) is 155 Å². The molecule has 0 aliphatic heterocycles. The van der Waals surface area contributed by atoms with Crippen molar-refractivity contribution in [2.24, 2.45) is 0 Å². The van der Waals surface area contributed by atoms with E-state index in [9.17, 15) is 23.1 Å². The molecule has 166 valence electrons. The Bertz CT molecular complexity index is 1270. The molecule has 0 radical (unpaired) electrons. The number of amides is 1. The Labute approximate surface area is 183 Å². The highest BCUT2D eigenvalue weighted by atomic mass is 32.2. The van der Waals surface area contributed by atoms with Gasteiger partial charge in [-0.25, -0.2) is 13.2 Å². The number of carboxylic acid groups (broad SMARTS) is 1. The van der Waals surface area contributed by atoms with Crippen molar-refractivity contribution in [3.05, 3.63) is 66.0 Å². The zero-order chi connectivity index (χ0) is 23.5. The van der Waals surface area contributed by atoms with Gasteiger partial charge in [0, 0.05) is 18.0 Å². The number of carboxylic acids is 1. The number of phenols is 1. The third-order valence-electron chi connectivity index (χ3n) is 4.27. The molecule has 1 amide bonds. The second-order valence-corrected chi connectivity index (χ2v) is 8.43. The molecule has 0 spiro atoms. The van der Waals surface area contributed by atoms with Crippen LogP contribution in [0.25, 0.3) is 0 Å². The van der Waals surface area contributed by atoms with Crippen molar-refractivity contribution >= 4 is 33.3 Å². The molecule has 10 nitrogen and oxygen atoms in total. The summed E-state index contributed by atoms with van der Waals surface area (Å²) in [5.74, 6) is -2.73. The Morgan fingerprint density at radius 2 is 1.72 bits per heavy atom. The van der Waals surface area contributed by atoms with E-state index in [0.717, 1.165) is 0 Å². The highest BCUT2D eigenvalue weighted by Gasteiger charge is 2.21. The number of rotatable bonds is 6. The van der Waals surface area contributed by atoms with Crippen LogP contribution in [0.4, 0.5) is 11.4 Å². The van der Waals surface area contributed by atoms with E-state index in [0.29, 0.717) is 16.9 Å². The molecule has 0 saturated carbocycles. The van der Waals surface area contributed by atoms with Gasteiger partial charge in [-0.15, -0.1) is 0 Å². The first kappa shape index (κ1) is 22.6. The Balaban J connectivity index is 1.89. The number of carbonyl (C=O) groups excluding carboxylic acids is 1. The molecule has 11 heteroatoms. The van der Waals surface area contributed by atoms with Crippen LogP contribution in [0.5, 0.6) is 17.2 Å². The Morgan fingerprint density at radius 1 is 1.03 bits per heavy atom. The van der Waals surface area contributed by atoms with E-state index in [1.54, 1.807) is 19.9 Å². The van der Waals surface area contributed by atoms with Crippen LogP contribution in [-0.2, 0) is 19.6 Å². The average Bonchev–Trinajstić information content (AvgIpc) is 2.72. The van der Waals surface area contributed by atoms with Gasteiger partial charge in [0.15, 0.2) is 0 Å². The number of anilines is 2. The van der Waals surface area contributed by atoms with Crippen molar-refractivity contribution in [3.63, 3.8) is 0 Å². The van der Waals surface area contributed by atoms with Gasteiger partial charge in [-0.3, -0.25) is 14.5 Å². The first-order valence-electron chi connectivity index (χ1n) is 9.16. The molecule has 0 fully saturated rings. The number of hydrogen-bond acceptors (Lipinski definition) is 7. The van der Waals surface area contributed by atoms with Gasteiger partial charge in [0.2, 0.25) is 0 Å². The summed E-state index contributed by atoms with van der Waals surface area (Å²) >= 11 is 0. The van der Waals surface area contributed by atoms with E-state index in [1.165, 1.54) is 48.8 Å². The van der Waals surface area contributed by atoms with Crippen LogP contribution < -0.4 is 14.8 Å². The third kappa shape index (κ3) is 5.13. The fraction of sp³-hybridized carbons (Fsp3) is 0.0952. The molecule has 4 N–H and O–H groups in total. The number of sulfonamides is 1. The summed E-state index contributed by atoms with van der Waals surface area (Å²) in [6.07, 6.45) is 2.82. The predicted octanol–water partition coefficient (Wildman–Crippen LogP) is 3.02. The smallest absolute Gasteiger partial charge is 0.394 e. The predicted molar refractivity (Wildman–Crippen MR) is 115 cm³/mol. The zero-order valence-electron chi connectivity index (χ0n) is 17.0. The third-order valence-corrected chi connectivity index (χ3v) is 5.68. The first-order valence-corrected chi connectivity index (χ1v) is 10.6. The van der Waals surface area contributed by atoms with E-state index < -0.39 is 27.6 Å². The van der Waals surface area contributed by atoms with E-state index in [-0.39, 0.29) is 22.0 Å². The van der Waals surface area contributed by atoms with Gasteiger partial charge in [0.05, 0.1) is 11.9 Å². The van der Waals surface area contributed by atoms with Crippen molar-refractivity contribution < 1.29 is 33.0 Å². The lowest BCUT2D eigenvalue weighted by Crippen LogP contribution is -2.21. The minimum Gasteiger partial charge on any atom is -0.507 e. The molecular weight excluding hydrogens is 438 g/mol. The Morgan fingerprint density at radius 3 is 2.31 bits per heavy atom. The zero-order valence-corrected chi connectivity index (χ0v) is 17.8. The first-order chi connectivity index (χ1) is 15.1. The summed E-state index contributed by atoms with van der Waals surface area (Å²) in [5.41, 5.74) is 1.63. The highest BCUT2D eigenvalue weighted by Crippen LogP contribution is 2.35. The number of phenolic OH excluding ortho intramolecular Hbond substituents is 1. The van der Waals surface area contributed by atoms with Crippen molar-refractivity contribution in [3.8, 4) is 17.2 Å². The van der Waals surface area contributed by atoms with Crippen LogP contribution in [0.15, 0.2) is 59.8 Å². The number of aromatic nitrogens is 1. The lowest BCUT2D eigenvalue weighted by molar-refractivity contribution is -0.147. The molecular formula is C21H19N3O7S. The van der Waals surface area contributed by atoms with E-state index >= 15 is 0 Å².